The van der Waals surface area contributed by atoms with Crippen molar-refractivity contribution in [3.63, 3.8) is 0 Å². The summed E-state index contributed by atoms with van der Waals surface area (Å²) >= 11 is 18.0. The molecule has 0 bridgehead atoms. The zero-order valence-corrected chi connectivity index (χ0v) is 11.1. The van der Waals surface area contributed by atoms with Crippen molar-refractivity contribution in [1.29, 1.82) is 0 Å². The van der Waals surface area contributed by atoms with Crippen LogP contribution in [0.4, 0.5) is 0 Å². The predicted octanol–water partition coefficient (Wildman–Crippen LogP) is 4.72. The van der Waals surface area contributed by atoms with Crippen LogP contribution < -0.4 is 4.74 Å². The lowest BCUT2D eigenvalue weighted by molar-refractivity contribution is 0.398. The van der Waals surface area contributed by atoms with Gasteiger partial charge in [0.05, 0.1) is 17.2 Å². The highest BCUT2D eigenvalue weighted by atomic mass is 35.5. The summed E-state index contributed by atoms with van der Waals surface area (Å²) < 4.78 is 5.06. The zero-order valence-electron chi connectivity index (χ0n) is 8.88. The topological polar surface area (TPSA) is 22.1 Å². The Morgan fingerprint density at radius 1 is 1.12 bits per heavy atom. The molecule has 2 aromatic rings. The number of rotatable bonds is 2. The van der Waals surface area contributed by atoms with Crippen LogP contribution in [0.5, 0.6) is 5.88 Å². The van der Waals surface area contributed by atoms with Crippen LogP contribution >= 0.6 is 34.8 Å². The number of ether oxygens (including phenoxy) is 1. The molecule has 0 amide bonds. The van der Waals surface area contributed by atoms with Crippen LogP contribution in [0.1, 0.15) is 0 Å². The van der Waals surface area contributed by atoms with Crippen LogP contribution in [-0.2, 0) is 0 Å². The third kappa shape index (κ3) is 2.65. The predicted molar refractivity (Wildman–Crippen MR) is 71.3 cm³/mol. The van der Waals surface area contributed by atoms with Gasteiger partial charge in [-0.2, -0.15) is 0 Å². The van der Waals surface area contributed by atoms with E-state index < -0.39 is 0 Å². The van der Waals surface area contributed by atoms with E-state index in [0.29, 0.717) is 21.1 Å². The molecule has 0 aliphatic rings. The smallest absolute Gasteiger partial charge is 0.214 e. The van der Waals surface area contributed by atoms with Gasteiger partial charge in [-0.3, -0.25) is 0 Å². The molecule has 88 valence electrons. The van der Waals surface area contributed by atoms with Crippen molar-refractivity contribution in [3.05, 3.63) is 45.5 Å². The first kappa shape index (κ1) is 12.5. The summed E-state index contributed by atoms with van der Waals surface area (Å²) in [5, 5.41) is 1.32. The number of halogens is 3. The lowest BCUT2D eigenvalue weighted by Gasteiger charge is -2.08. The summed E-state index contributed by atoms with van der Waals surface area (Å²) in [7, 11) is 1.53. The fraction of sp³-hybridized carbons (Fsp3) is 0.0833. The summed E-state index contributed by atoms with van der Waals surface area (Å²) in [6.07, 6.45) is 0. The minimum Gasteiger partial charge on any atom is -0.481 e. The van der Waals surface area contributed by atoms with Crippen LogP contribution in [0.2, 0.25) is 15.2 Å². The number of benzene rings is 1. The Balaban J connectivity index is 2.60. The summed E-state index contributed by atoms with van der Waals surface area (Å²) in [5.74, 6) is 0.434. The van der Waals surface area contributed by atoms with E-state index in [9.17, 15) is 0 Å². The van der Waals surface area contributed by atoms with Gasteiger partial charge in [-0.1, -0.05) is 46.9 Å². The Labute approximate surface area is 114 Å². The van der Waals surface area contributed by atoms with Crippen LogP contribution in [0.25, 0.3) is 11.1 Å². The molecule has 2 rings (SSSR count). The minimum absolute atomic E-state index is 0.343. The summed E-state index contributed by atoms with van der Waals surface area (Å²) in [6.45, 7) is 0. The van der Waals surface area contributed by atoms with Crippen LogP contribution in [0.15, 0.2) is 30.3 Å². The fourth-order valence-electron chi connectivity index (χ4n) is 1.46. The third-order valence-electron chi connectivity index (χ3n) is 2.24. The Morgan fingerprint density at radius 2 is 1.88 bits per heavy atom. The van der Waals surface area contributed by atoms with Gasteiger partial charge < -0.3 is 4.74 Å². The number of hydrogen-bond donors (Lipinski definition) is 0. The second kappa shape index (κ2) is 5.13. The van der Waals surface area contributed by atoms with Crippen LogP contribution in [0, 0.1) is 0 Å². The molecule has 0 fully saturated rings. The highest BCUT2D eigenvalue weighted by Crippen LogP contribution is 2.35. The van der Waals surface area contributed by atoms with Gasteiger partial charge in [0.25, 0.3) is 0 Å². The quantitative estimate of drug-likeness (QED) is 0.746. The fourth-order valence-corrected chi connectivity index (χ4v) is 2.07. The van der Waals surface area contributed by atoms with Crippen molar-refractivity contribution in [2.24, 2.45) is 0 Å². The van der Waals surface area contributed by atoms with E-state index in [4.69, 9.17) is 39.5 Å². The first-order valence-corrected chi connectivity index (χ1v) is 5.91. The van der Waals surface area contributed by atoms with Gasteiger partial charge >= 0.3 is 0 Å². The Bertz CT molecular complexity index is 557. The Hall–Kier alpha value is -0.960. The van der Waals surface area contributed by atoms with Crippen molar-refractivity contribution in [1.82, 2.24) is 4.98 Å². The van der Waals surface area contributed by atoms with E-state index in [2.05, 4.69) is 4.98 Å². The number of aromatic nitrogens is 1. The molecule has 2 nitrogen and oxygen atoms in total. The molecule has 0 aliphatic heterocycles. The lowest BCUT2D eigenvalue weighted by Crippen LogP contribution is -1.89. The maximum Gasteiger partial charge on any atom is 0.214 e. The SMILES string of the molecule is COc1cc(-c2cccc(Cl)c2Cl)cc(Cl)n1. The molecule has 0 spiro atoms. The highest BCUT2D eigenvalue weighted by molar-refractivity contribution is 6.43. The standard InChI is InChI=1S/C12H8Cl3NO/c1-17-11-6-7(5-10(14)16-11)8-3-2-4-9(13)12(8)15/h2-6H,1H3. The number of pyridine rings is 1. The Morgan fingerprint density at radius 3 is 2.59 bits per heavy atom. The maximum absolute atomic E-state index is 6.14. The van der Waals surface area contributed by atoms with Crippen molar-refractivity contribution < 1.29 is 4.74 Å². The van der Waals surface area contributed by atoms with E-state index in [-0.39, 0.29) is 0 Å². The second-order valence-corrected chi connectivity index (χ2v) is 4.49. The molecule has 5 heteroatoms. The van der Waals surface area contributed by atoms with Crippen LogP contribution in [0.3, 0.4) is 0 Å². The molecule has 0 unspecified atom stereocenters. The normalized spacial score (nSPS) is 10.4. The summed E-state index contributed by atoms with van der Waals surface area (Å²) in [6, 6.07) is 8.88. The summed E-state index contributed by atoms with van der Waals surface area (Å²) in [4.78, 5) is 4.00. The molecule has 1 heterocycles. The van der Waals surface area contributed by atoms with Crippen molar-refractivity contribution in [3.8, 4) is 17.0 Å². The number of methoxy groups -OCH3 is 1. The molecule has 17 heavy (non-hydrogen) atoms. The van der Waals surface area contributed by atoms with Gasteiger partial charge in [0.2, 0.25) is 5.88 Å². The van der Waals surface area contributed by atoms with Crippen molar-refractivity contribution >= 4 is 34.8 Å². The molecule has 0 aliphatic carbocycles. The molecule has 1 aromatic heterocycles. The molecular formula is C12H8Cl3NO. The van der Waals surface area contributed by atoms with Gasteiger partial charge in [0, 0.05) is 11.6 Å². The van der Waals surface area contributed by atoms with E-state index in [1.54, 1.807) is 18.2 Å². The van der Waals surface area contributed by atoms with Crippen LogP contribution in [-0.4, -0.2) is 12.1 Å². The third-order valence-corrected chi connectivity index (χ3v) is 3.25. The molecule has 0 saturated carbocycles. The molecule has 0 saturated heterocycles. The largest absolute Gasteiger partial charge is 0.481 e. The average molecular weight is 289 g/mol. The van der Waals surface area contributed by atoms with Gasteiger partial charge in [-0.25, -0.2) is 4.98 Å². The maximum atomic E-state index is 6.14. The molecule has 0 atom stereocenters. The zero-order chi connectivity index (χ0) is 12.4. The number of hydrogen-bond acceptors (Lipinski definition) is 2. The van der Waals surface area contributed by atoms with E-state index >= 15 is 0 Å². The Kier molecular flexibility index (Phi) is 3.77. The molecule has 0 radical (unpaired) electrons. The molecule has 0 N–H and O–H groups in total. The van der Waals surface area contributed by atoms with E-state index in [1.165, 1.54) is 7.11 Å². The van der Waals surface area contributed by atoms with Gasteiger partial charge in [-0.05, 0) is 17.7 Å². The molecule has 1 aromatic carbocycles. The van der Waals surface area contributed by atoms with Gasteiger partial charge in [-0.15, -0.1) is 0 Å². The monoisotopic (exact) mass is 287 g/mol. The van der Waals surface area contributed by atoms with Gasteiger partial charge in [0.1, 0.15) is 5.15 Å². The average Bonchev–Trinajstić information content (AvgIpc) is 2.31. The van der Waals surface area contributed by atoms with Gasteiger partial charge in [0.15, 0.2) is 0 Å². The molecular weight excluding hydrogens is 280 g/mol. The summed E-state index contributed by atoms with van der Waals surface area (Å²) in [5.41, 5.74) is 1.61. The highest BCUT2D eigenvalue weighted by Gasteiger charge is 2.09. The van der Waals surface area contributed by atoms with Crippen molar-refractivity contribution in [2.75, 3.05) is 7.11 Å². The second-order valence-electron chi connectivity index (χ2n) is 3.32. The van der Waals surface area contributed by atoms with Crippen molar-refractivity contribution in [2.45, 2.75) is 0 Å². The first-order chi connectivity index (χ1) is 8.11. The van der Waals surface area contributed by atoms with E-state index in [0.717, 1.165) is 11.1 Å². The lowest BCUT2D eigenvalue weighted by atomic mass is 10.1. The minimum atomic E-state index is 0.343. The van der Waals surface area contributed by atoms with E-state index in [1.807, 2.05) is 12.1 Å². The number of nitrogens with zero attached hydrogens (tertiary/aromatic N) is 1. The first-order valence-electron chi connectivity index (χ1n) is 4.78.